The third-order valence-corrected chi connectivity index (χ3v) is 3.94. The summed E-state index contributed by atoms with van der Waals surface area (Å²) in [6, 6.07) is 4.94. The molecular weight excluding hydrogens is 313 g/mol. The van der Waals surface area contributed by atoms with E-state index in [0.717, 1.165) is 0 Å². The maximum atomic E-state index is 12.0. The summed E-state index contributed by atoms with van der Waals surface area (Å²) in [4.78, 5) is 27.0. The lowest BCUT2D eigenvalue weighted by Crippen LogP contribution is -2.49. The summed E-state index contributed by atoms with van der Waals surface area (Å²) in [5.41, 5.74) is 0.549. The molecule has 1 aromatic carbocycles. The number of nitrogens with one attached hydrogen (secondary N) is 1. The summed E-state index contributed by atoms with van der Waals surface area (Å²) in [5, 5.41) is 3.71. The molecule has 0 spiro atoms. The zero-order valence-electron chi connectivity index (χ0n) is 11.7. The number of anilines is 1. The van der Waals surface area contributed by atoms with Gasteiger partial charge in [0, 0.05) is 38.1 Å². The quantitative estimate of drug-likeness (QED) is 0.923. The Labute approximate surface area is 133 Å². The minimum Gasteiger partial charge on any atom is -0.340 e. The van der Waals surface area contributed by atoms with Crippen LogP contribution in [0.3, 0.4) is 0 Å². The third kappa shape index (κ3) is 4.59. The second-order valence-electron chi connectivity index (χ2n) is 4.95. The van der Waals surface area contributed by atoms with Gasteiger partial charge in [0.1, 0.15) is 0 Å². The first kappa shape index (κ1) is 16.1. The zero-order valence-corrected chi connectivity index (χ0v) is 13.2. The van der Waals surface area contributed by atoms with Gasteiger partial charge in [-0.2, -0.15) is 0 Å². The van der Waals surface area contributed by atoms with Gasteiger partial charge in [-0.1, -0.05) is 23.2 Å². The number of benzene rings is 1. The van der Waals surface area contributed by atoms with Crippen molar-refractivity contribution in [3.63, 3.8) is 0 Å². The molecule has 2 amide bonds. The zero-order chi connectivity index (χ0) is 15.4. The molecule has 1 fully saturated rings. The smallest absolute Gasteiger partial charge is 0.238 e. The van der Waals surface area contributed by atoms with Gasteiger partial charge in [-0.15, -0.1) is 0 Å². The monoisotopic (exact) mass is 329 g/mol. The van der Waals surface area contributed by atoms with E-state index < -0.39 is 0 Å². The molecule has 0 atom stereocenters. The van der Waals surface area contributed by atoms with Crippen LogP contribution in [0.15, 0.2) is 18.2 Å². The first-order chi connectivity index (χ1) is 9.95. The van der Waals surface area contributed by atoms with Gasteiger partial charge in [0.15, 0.2) is 0 Å². The van der Waals surface area contributed by atoms with Crippen molar-refractivity contribution in [2.75, 3.05) is 38.0 Å². The van der Waals surface area contributed by atoms with Crippen molar-refractivity contribution in [2.24, 2.45) is 0 Å². The summed E-state index contributed by atoms with van der Waals surface area (Å²) < 4.78 is 0. The predicted octanol–water partition coefficient (Wildman–Crippen LogP) is 2.10. The lowest BCUT2D eigenvalue weighted by molar-refractivity contribution is -0.130. The topological polar surface area (TPSA) is 52.7 Å². The molecule has 5 nitrogen and oxygen atoms in total. The minimum atomic E-state index is -0.129. The number of hydrogen-bond acceptors (Lipinski definition) is 3. The van der Waals surface area contributed by atoms with E-state index in [-0.39, 0.29) is 18.4 Å². The number of hydrogen-bond donors (Lipinski definition) is 1. The normalized spacial score (nSPS) is 15.9. The van der Waals surface area contributed by atoms with E-state index in [0.29, 0.717) is 41.9 Å². The largest absolute Gasteiger partial charge is 0.340 e. The number of piperazine rings is 1. The van der Waals surface area contributed by atoms with Gasteiger partial charge in [0.25, 0.3) is 0 Å². The molecule has 0 unspecified atom stereocenters. The maximum absolute atomic E-state index is 12.0. The van der Waals surface area contributed by atoms with Crippen molar-refractivity contribution in [2.45, 2.75) is 6.92 Å². The van der Waals surface area contributed by atoms with E-state index in [4.69, 9.17) is 23.2 Å². The summed E-state index contributed by atoms with van der Waals surface area (Å²) in [6.07, 6.45) is 0. The van der Waals surface area contributed by atoms with Crippen molar-refractivity contribution in [3.8, 4) is 0 Å². The first-order valence-electron chi connectivity index (χ1n) is 6.68. The average Bonchev–Trinajstić information content (AvgIpc) is 2.42. The van der Waals surface area contributed by atoms with Crippen LogP contribution in [0.4, 0.5) is 5.69 Å². The van der Waals surface area contributed by atoms with Gasteiger partial charge >= 0.3 is 0 Å². The van der Waals surface area contributed by atoms with Crippen LogP contribution in [-0.2, 0) is 9.59 Å². The summed E-state index contributed by atoms with van der Waals surface area (Å²) >= 11 is 11.8. The highest BCUT2D eigenvalue weighted by molar-refractivity contribution is 6.36. The molecule has 1 aliphatic heterocycles. The molecule has 1 N–H and O–H groups in total. The molecule has 1 aliphatic rings. The van der Waals surface area contributed by atoms with E-state index in [1.807, 2.05) is 4.90 Å². The summed E-state index contributed by atoms with van der Waals surface area (Å²) in [6.45, 7) is 4.55. The van der Waals surface area contributed by atoms with Crippen molar-refractivity contribution >= 4 is 40.7 Å². The molecule has 1 aromatic rings. The Morgan fingerprint density at radius 3 is 2.43 bits per heavy atom. The second-order valence-corrected chi connectivity index (χ2v) is 5.80. The van der Waals surface area contributed by atoms with E-state index in [9.17, 15) is 9.59 Å². The number of amides is 2. The molecule has 0 saturated carbocycles. The van der Waals surface area contributed by atoms with E-state index in [1.165, 1.54) is 0 Å². The molecule has 1 saturated heterocycles. The molecule has 0 bridgehead atoms. The highest BCUT2D eigenvalue weighted by atomic mass is 35.5. The SMILES string of the molecule is CC(=O)N1CCN(CC(=O)Nc2ccc(Cl)cc2Cl)CC1. The third-order valence-electron chi connectivity index (χ3n) is 3.39. The number of carbonyl (C=O) groups excluding carboxylic acids is 2. The van der Waals surface area contributed by atoms with E-state index in [1.54, 1.807) is 30.0 Å². The maximum Gasteiger partial charge on any atom is 0.238 e. The number of rotatable bonds is 3. The van der Waals surface area contributed by atoms with Gasteiger partial charge in [-0.05, 0) is 18.2 Å². The fourth-order valence-corrected chi connectivity index (χ4v) is 2.66. The second kappa shape index (κ2) is 7.11. The van der Waals surface area contributed by atoms with Crippen molar-refractivity contribution in [1.82, 2.24) is 9.80 Å². The van der Waals surface area contributed by atoms with Crippen LogP contribution in [0.5, 0.6) is 0 Å². The molecule has 0 aromatic heterocycles. The van der Waals surface area contributed by atoms with Crippen LogP contribution in [-0.4, -0.2) is 54.3 Å². The van der Waals surface area contributed by atoms with Crippen molar-refractivity contribution in [1.29, 1.82) is 0 Å². The lowest BCUT2D eigenvalue weighted by Gasteiger charge is -2.33. The molecule has 0 radical (unpaired) electrons. The Bertz CT molecular complexity index is 543. The molecule has 7 heteroatoms. The summed E-state index contributed by atoms with van der Waals surface area (Å²) in [5.74, 6) is -0.0532. The predicted molar refractivity (Wildman–Crippen MR) is 83.8 cm³/mol. The first-order valence-corrected chi connectivity index (χ1v) is 7.44. The van der Waals surface area contributed by atoms with Gasteiger partial charge < -0.3 is 10.2 Å². The Morgan fingerprint density at radius 2 is 1.86 bits per heavy atom. The van der Waals surface area contributed by atoms with E-state index >= 15 is 0 Å². The van der Waals surface area contributed by atoms with Crippen LogP contribution < -0.4 is 5.32 Å². The Balaban J connectivity index is 1.84. The molecule has 114 valence electrons. The Morgan fingerprint density at radius 1 is 1.19 bits per heavy atom. The van der Waals surface area contributed by atoms with Crippen LogP contribution in [0.25, 0.3) is 0 Å². The van der Waals surface area contributed by atoms with Crippen molar-refractivity contribution in [3.05, 3.63) is 28.2 Å². The highest BCUT2D eigenvalue weighted by Gasteiger charge is 2.20. The fourth-order valence-electron chi connectivity index (χ4n) is 2.20. The molecule has 21 heavy (non-hydrogen) atoms. The summed E-state index contributed by atoms with van der Waals surface area (Å²) in [7, 11) is 0. The van der Waals surface area contributed by atoms with Crippen LogP contribution in [0.1, 0.15) is 6.92 Å². The number of halogens is 2. The van der Waals surface area contributed by atoms with Crippen LogP contribution >= 0.6 is 23.2 Å². The van der Waals surface area contributed by atoms with Crippen LogP contribution in [0, 0.1) is 0 Å². The average molecular weight is 330 g/mol. The van der Waals surface area contributed by atoms with Gasteiger partial charge in [-0.25, -0.2) is 0 Å². The van der Waals surface area contributed by atoms with E-state index in [2.05, 4.69) is 5.32 Å². The van der Waals surface area contributed by atoms with Crippen LogP contribution in [0.2, 0.25) is 10.0 Å². The lowest BCUT2D eigenvalue weighted by atomic mass is 10.3. The van der Waals surface area contributed by atoms with Crippen molar-refractivity contribution < 1.29 is 9.59 Å². The van der Waals surface area contributed by atoms with Gasteiger partial charge in [-0.3, -0.25) is 14.5 Å². The fraction of sp³-hybridized carbons (Fsp3) is 0.429. The van der Waals surface area contributed by atoms with Gasteiger partial charge in [0.05, 0.1) is 17.3 Å². The molecular formula is C14H17Cl2N3O2. The number of nitrogens with zero attached hydrogens (tertiary/aromatic N) is 2. The standard InChI is InChI=1S/C14H17Cl2N3O2/c1-10(20)19-6-4-18(5-7-19)9-14(21)17-13-3-2-11(15)8-12(13)16/h2-3,8H,4-7,9H2,1H3,(H,17,21). The Hall–Kier alpha value is -1.30. The highest BCUT2D eigenvalue weighted by Crippen LogP contribution is 2.25. The minimum absolute atomic E-state index is 0.0760. The van der Waals surface area contributed by atoms with Gasteiger partial charge in [0.2, 0.25) is 11.8 Å². The number of carbonyl (C=O) groups is 2. The molecule has 0 aliphatic carbocycles. The molecule has 1 heterocycles. The molecule has 2 rings (SSSR count). The Kier molecular flexibility index (Phi) is 5.45.